The Bertz CT molecular complexity index is 1300. The van der Waals surface area contributed by atoms with Gasteiger partial charge < -0.3 is 10.0 Å². The van der Waals surface area contributed by atoms with Crippen LogP contribution in [0.5, 0.6) is 0 Å². The Hall–Kier alpha value is -2.54. The summed E-state index contributed by atoms with van der Waals surface area (Å²) in [6.45, 7) is 9.40. The first kappa shape index (κ1) is 27.6. The Labute approximate surface area is 243 Å². The smallest absolute Gasteiger partial charge is 0.320 e. The second-order valence-corrected chi connectivity index (χ2v) is 13.4. The van der Waals surface area contributed by atoms with Gasteiger partial charge in [-0.05, 0) is 69.0 Å². The fourth-order valence-corrected chi connectivity index (χ4v) is 8.38. The van der Waals surface area contributed by atoms with Crippen LogP contribution in [0.1, 0.15) is 72.6 Å². The molecule has 2 saturated heterocycles. The van der Waals surface area contributed by atoms with Gasteiger partial charge in [-0.2, -0.15) is 0 Å². The standard InChI is InChI=1S/C34H43N3O2S/c1-3-30-32(40-33(35-30)26-9-5-4-6-10-26)25-14-16-36(17-15-25)20-28-21-37(31(34(38)39)19-24-12-13-24)22-29(28)27-11-7-8-23(2)18-27/h4-11,18,24-25,28-29,31H,3,12-17,19-22H2,1-2H3,(H,38,39)/t28-,29+,31+/m0/s1. The fourth-order valence-electron chi connectivity index (χ4n) is 7.05. The number of aromatic nitrogens is 1. The average molecular weight is 558 g/mol. The maximum Gasteiger partial charge on any atom is 0.320 e. The lowest BCUT2D eigenvalue weighted by molar-refractivity contribution is -0.143. The molecule has 0 unspecified atom stereocenters. The number of rotatable bonds is 10. The first-order valence-electron chi connectivity index (χ1n) is 15.3. The number of hydrogen-bond donors (Lipinski definition) is 1. The van der Waals surface area contributed by atoms with Gasteiger partial charge in [-0.15, -0.1) is 11.3 Å². The SMILES string of the molecule is CCc1nc(-c2ccccc2)sc1C1CCN(C[C@H]2CN([C@H](CC3CC3)C(=O)O)C[C@@H]2c2cccc(C)c2)CC1. The highest BCUT2D eigenvalue weighted by Crippen LogP contribution is 2.41. The van der Waals surface area contributed by atoms with E-state index >= 15 is 0 Å². The van der Waals surface area contributed by atoms with Gasteiger partial charge in [0.05, 0.1) is 5.69 Å². The van der Waals surface area contributed by atoms with Crippen molar-refractivity contribution in [2.24, 2.45) is 11.8 Å². The molecular formula is C34H43N3O2S. The topological polar surface area (TPSA) is 56.7 Å². The molecule has 0 spiro atoms. The maximum atomic E-state index is 12.3. The van der Waals surface area contributed by atoms with Gasteiger partial charge in [0.15, 0.2) is 0 Å². The maximum absolute atomic E-state index is 12.3. The number of hydrogen-bond acceptors (Lipinski definition) is 5. The molecule has 2 aromatic carbocycles. The van der Waals surface area contributed by atoms with E-state index in [1.54, 1.807) is 0 Å². The fraction of sp³-hybridized carbons (Fsp3) is 0.529. The molecule has 40 heavy (non-hydrogen) atoms. The normalized spacial score (nSPS) is 23.4. The number of carbonyl (C=O) groups is 1. The van der Waals surface area contributed by atoms with Gasteiger partial charge in [0.1, 0.15) is 11.0 Å². The molecule has 3 aliphatic rings. The van der Waals surface area contributed by atoms with Crippen molar-refractivity contribution in [1.29, 1.82) is 0 Å². The van der Waals surface area contributed by atoms with Gasteiger partial charge in [0, 0.05) is 36.0 Å². The van der Waals surface area contributed by atoms with Crippen molar-refractivity contribution < 1.29 is 9.90 Å². The number of likely N-dealkylation sites (tertiary alicyclic amines) is 2. The van der Waals surface area contributed by atoms with E-state index < -0.39 is 5.97 Å². The van der Waals surface area contributed by atoms with E-state index in [0.717, 1.165) is 50.6 Å². The first-order valence-corrected chi connectivity index (χ1v) is 16.1. The van der Waals surface area contributed by atoms with Crippen LogP contribution in [0.15, 0.2) is 54.6 Å². The van der Waals surface area contributed by atoms with Crippen LogP contribution in [0.3, 0.4) is 0 Å². The summed E-state index contributed by atoms with van der Waals surface area (Å²) in [6, 6.07) is 19.2. The zero-order chi connectivity index (χ0) is 27.6. The Morgan fingerprint density at radius 2 is 1.82 bits per heavy atom. The number of piperidine rings is 1. The lowest BCUT2D eigenvalue weighted by Gasteiger charge is -2.34. The monoisotopic (exact) mass is 557 g/mol. The molecule has 0 bridgehead atoms. The van der Waals surface area contributed by atoms with Crippen LogP contribution in [0, 0.1) is 18.8 Å². The highest BCUT2D eigenvalue weighted by molar-refractivity contribution is 7.15. The summed E-state index contributed by atoms with van der Waals surface area (Å²) in [5.74, 6) is 1.41. The molecule has 0 radical (unpaired) electrons. The molecule has 5 nitrogen and oxygen atoms in total. The summed E-state index contributed by atoms with van der Waals surface area (Å²) in [7, 11) is 0. The molecule has 3 heterocycles. The molecule has 212 valence electrons. The summed E-state index contributed by atoms with van der Waals surface area (Å²) in [5.41, 5.74) is 5.17. The quantitative estimate of drug-likeness (QED) is 0.296. The molecule has 1 aliphatic carbocycles. The third-order valence-electron chi connectivity index (χ3n) is 9.45. The lowest BCUT2D eigenvalue weighted by Crippen LogP contribution is -2.41. The van der Waals surface area contributed by atoms with E-state index in [1.807, 2.05) is 11.3 Å². The van der Waals surface area contributed by atoms with Gasteiger partial charge in [0.25, 0.3) is 0 Å². The summed E-state index contributed by atoms with van der Waals surface area (Å²) in [4.78, 5) is 23.8. The predicted molar refractivity (Wildman–Crippen MR) is 163 cm³/mol. The number of aryl methyl sites for hydroxylation is 2. The van der Waals surface area contributed by atoms with Crippen LogP contribution in [0.4, 0.5) is 0 Å². The van der Waals surface area contributed by atoms with E-state index in [0.29, 0.717) is 23.7 Å². The van der Waals surface area contributed by atoms with Crippen molar-refractivity contribution in [2.45, 2.75) is 70.3 Å². The van der Waals surface area contributed by atoms with Crippen LogP contribution >= 0.6 is 11.3 Å². The van der Waals surface area contributed by atoms with Crippen molar-refractivity contribution in [3.8, 4) is 10.6 Å². The van der Waals surface area contributed by atoms with Crippen LogP contribution in [0.2, 0.25) is 0 Å². The average Bonchev–Trinajstić information content (AvgIpc) is 3.54. The van der Waals surface area contributed by atoms with Crippen LogP contribution in [0.25, 0.3) is 10.6 Å². The second kappa shape index (κ2) is 12.1. The van der Waals surface area contributed by atoms with Gasteiger partial charge in [-0.25, -0.2) is 4.98 Å². The Kier molecular flexibility index (Phi) is 8.38. The molecule has 6 rings (SSSR count). The third kappa shape index (κ3) is 6.19. The van der Waals surface area contributed by atoms with Gasteiger partial charge in [-0.1, -0.05) is 79.9 Å². The number of thiazole rings is 1. The minimum absolute atomic E-state index is 0.340. The van der Waals surface area contributed by atoms with Crippen LogP contribution < -0.4 is 0 Å². The van der Waals surface area contributed by atoms with Gasteiger partial charge in [-0.3, -0.25) is 9.69 Å². The Balaban J connectivity index is 1.14. The van der Waals surface area contributed by atoms with Crippen molar-refractivity contribution in [3.63, 3.8) is 0 Å². The molecule has 2 aliphatic heterocycles. The summed E-state index contributed by atoms with van der Waals surface area (Å²) >= 11 is 1.90. The summed E-state index contributed by atoms with van der Waals surface area (Å²) in [6.07, 6.45) is 6.55. The first-order chi connectivity index (χ1) is 19.5. The van der Waals surface area contributed by atoms with Crippen molar-refractivity contribution in [3.05, 3.63) is 76.3 Å². The number of nitrogens with zero attached hydrogens (tertiary/aromatic N) is 3. The van der Waals surface area contributed by atoms with Gasteiger partial charge >= 0.3 is 5.97 Å². The molecule has 3 fully saturated rings. The molecule has 1 aromatic heterocycles. The van der Waals surface area contributed by atoms with E-state index in [4.69, 9.17) is 4.98 Å². The summed E-state index contributed by atoms with van der Waals surface area (Å²) < 4.78 is 0. The molecule has 3 atom stereocenters. The number of carboxylic acid groups (broad SMARTS) is 1. The molecule has 1 saturated carbocycles. The Morgan fingerprint density at radius 1 is 1.05 bits per heavy atom. The number of carboxylic acids is 1. The highest BCUT2D eigenvalue weighted by atomic mass is 32.1. The molecule has 1 N–H and O–H groups in total. The zero-order valence-electron chi connectivity index (χ0n) is 24.0. The van der Waals surface area contributed by atoms with Crippen LogP contribution in [-0.4, -0.2) is 64.6 Å². The highest BCUT2D eigenvalue weighted by Gasteiger charge is 2.42. The van der Waals surface area contributed by atoms with E-state index in [9.17, 15) is 9.90 Å². The number of benzene rings is 2. The Morgan fingerprint density at radius 3 is 2.50 bits per heavy atom. The van der Waals surface area contributed by atoms with Gasteiger partial charge in [0.2, 0.25) is 0 Å². The van der Waals surface area contributed by atoms with E-state index in [1.165, 1.54) is 52.9 Å². The molecule has 0 amide bonds. The van der Waals surface area contributed by atoms with Crippen molar-refractivity contribution >= 4 is 17.3 Å². The largest absolute Gasteiger partial charge is 0.480 e. The lowest BCUT2D eigenvalue weighted by atomic mass is 9.86. The number of aliphatic carboxylic acids is 1. The van der Waals surface area contributed by atoms with E-state index in [-0.39, 0.29) is 6.04 Å². The summed E-state index contributed by atoms with van der Waals surface area (Å²) in [5, 5.41) is 11.3. The van der Waals surface area contributed by atoms with Crippen molar-refractivity contribution in [2.75, 3.05) is 32.7 Å². The zero-order valence-corrected chi connectivity index (χ0v) is 24.8. The molecule has 3 aromatic rings. The van der Waals surface area contributed by atoms with Crippen molar-refractivity contribution in [1.82, 2.24) is 14.8 Å². The molecule has 6 heteroatoms. The predicted octanol–water partition coefficient (Wildman–Crippen LogP) is 6.83. The van der Waals surface area contributed by atoms with E-state index in [2.05, 4.69) is 78.2 Å². The third-order valence-corrected chi connectivity index (χ3v) is 10.8. The van der Waals surface area contributed by atoms with Crippen LogP contribution in [-0.2, 0) is 11.2 Å². The minimum Gasteiger partial charge on any atom is -0.480 e. The molecular weight excluding hydrogens is 514 g/mol. The minimum atomic E-state index is -0.637. The second-order valence-electron chi connectivity index (χ2n) is 12.4.